The van der Waals surface area contributed by atoms with Gasteiger partial charge in [-0.1, -0.05) is 6.92 Å². The van der Waals surface area contributed by atoms with E-state index >= 15 is 0 Å². The molecule has 0 spiro atoms. The Kier molecular flexibility index (Phi) is 4.41. The summed E-state index contributed by atoms with van der Waals surface area (Å²) in [6.07, 6.45) is 1.36. The number of rotatable bonds is 4. The van der Waals surface area contributed by atoms with Gasteiger partial charge in [0.05, 0.1) is 25.2 Å². The van der Waals surface area contributed by atoms with Crippen LogP contribution in [0.15, 0.2) is 12.1 Å². The van der Waals surface area contributed by atoms with Crippen molar-refractivity contribution in [1.82, 2.24) is 0 Å². The first-order chi connectivity index (χ1) is 8.15. The number of ether oxygens (including phenoxy) is 1. The fourth-order valence-electron chi connectivity index (χ4n) is 1.66. The zero-order chi connectivity index (χ0) is 12.8. The van der Waals surface area contributed by atoms with Crippen molar-refractivity contribution in [2.75, 3.05) is 7.11 Å². The number of methoxy groups -OCH3 is 1. The smallest absolute Gasteiger partial charge is 0.310 e. The number of esters is 1. The molecular formula is C13H13NO3. The van der Waals surface area contributed by atoms with Gasteiger partial charge in [0.2, 0.25) is 0 Å². The second kappa shape index (κ2) is 5.80. The van der Waals surface area contributed by atoms with Gasteiger partial charge in [-0.2, -0.15) is 5.26 Å². The molecule has 17 heavy (non-hydrogen) atoms. The number of hydrogen-bond donors (Lipinski definition) is 0. The quantitative estimate of drug-likeness (QED) is 0.583. The Labute approximate surface area is 99.8 Å². The van der Waals surface area contributed by atoms with Crippen LogP contribution in [0.3, 0.4) is 0 Å². The highest BCUT2D eigenvalue weighted by atomic mass is 16.5. The summed E-state index contributed by atoms with van der Waals surface area (Å²) < 4.78 is 4.56. The molecule has 0 heterocycles. The molecule has 0 aliphatic carbocycles. The fourth-order valence-corrected chi connectivity index (χ4v) is 1.66. The number of carbonyl (C=O) groups is 2. The van der Waals surface area contributed by atoms with Crippen LogP contribution in [0.5, 0.6) is 0 Å². The lowest BCUT2D eigenvalue weighted by molar-refractivity contribution is -0.139. The van der Waals surface area contributed by atoms with E-state index in [1.54, 1.807) is 12.1 Å². The molecular weight excluding hydrogens is 218 g/mol. The van der Waals surface area contributed by atoms with Crippen molar-refractivity contribution in [2.45, 2.75) is 19.8 Å². The summed E-state index contributed by atoms with van der Waals surface area (Å²) in [7, 11) is 1.29. The fraction of sp³-hybridized carbons (Fsp3) is 0.308. The topological polar surface area (TPSA) is 67.2 Å². The van der Waals surface area contributed by atoms with E-state index in [1.165, 1.54) is 7.11 Å². The number of aryl methyl sites for hydroxylation is 1. The highest BCUT2D eigenvalue weighted by Crippen LogP contribution is 2.18. The van der Waals surface area contributed by atoms with E-state index in [-0.39, 0.29) is 6.42 Å². The van der Waals surface area contributed by atoms with E-state index < -0.39 is 5.97 Å². The third kappa shape index (κ3) is 2.91. The zero-order valence-electron chi connectivity index (χ0n) is 9.82. The number of nitrogens with zero attached hydrogens (tertiary/aromatic N) is 1. The molecule has 0 aromatic heterocycles. The molecule has 0 aliphatic heterocycles. The Hall–Kier alpha value is -2.15. The van der Waals surface area contributed by atoms with Crippen LogP contribution in [0.4, 0.5) is 0 Å². The van der Waals surface area contributed by atoms with Gasteiger partial charge in [-0.3, -0.25) is 9.59 Å². The maximum Gasteiger partial charge on any atom is 0.310 e. The van der Waals surface area contributed by atoms with Gasteiger partial charge < -0.3 is 4.74 Å². The van der Waals surface area contributed by atoms with Crippen molar-refractivity contribution >= 4 is 12.3 Å². The molecule has 0 saturated carbocycles. The lowest BCUT2D eigenvalue weighted by Gasteiger charge is -2.09. The maximum atomic E-state index is 11.2. The average Bonchev–Trinajstić information content (AvgIpc) is 2.37. The Morgan fingerprint density at radius 2 is 2.12 bits per heavy atom. The van der Waals surface area contributed by atoms with Gasteiger partial charge in [0, 0.05) is 5.56 Å². The second-order valence-electron chi connectivity index (χ2n) is 3.54. The minimum Gasteiger partial charge on any atom is -0.469 e. The minimum absolute atomic E-state index is 0.00704. The van der Waals surface area contributed by atoms with E-state index in [1.807, 2.05) is 13.0 Å². The lowest BCUT2D eigenvalue weighted by atomic mass is 9.95. The van der Waals surface area contributed by atoms with Crippen molar-refractivity contribution in [3.8, 4) is 6.07 Å². The summed E-state index contributed by atoms with van der Waals surface area (Å²) in [6.45, 7) is 1.89. The van der Waals surface area contributed by atoms with Gasteiger partial charge in [-0.15, -0.1) is 0 Å². The minimum atomic E-state index is -0.426. The summed E-state index contributed by atoms with van der Waals surface area (Å²) in [6, 6.07) is 5.24. The highest BCUT2D eigenvalue weighted by molar-refractivity contribution is 5.84. The number of carbonyl (C=O) groups excluding carboxylic acids is 2. The van der Waals surface area contributed by atoms with E-state index in [4.69, 9.17) is 5.26 Å². The monoisotopic (exact) mass is 231 g/mol. The zero-order valence-corrected chi connectivity index (χ0v) is 9.82. The summed E-state index contributed by atoms with van der Waals surface area (Å²) in [5.74, 6) is -0.426. The Morgan fingerprint density at radius 1 is 1.47 bits per heavy atom. The van der Waals surface area contributed by atoms with Crippen LogP contribution in [-0.4, -0.2) is 19.4 Å². The SMILES string of the molecule is CCc1cc(C#N)cc(CC(=O)OC)c1C=O. The molecule has 0 radical (unpaired) electrons. The highest BCUT2D eigenvalue weighted by Gasteiger charge is 2.12. The maximum absolute atomic E-state index is 11.2. The van der Waals surface area contributed by atoms with Crippen LogP contribution >= 0.6 is 0 Å². The van der Waals surface area contributed by atoms with Crippen LogP contribution in [0.25, 0.3) is 0 Å². The molecule has 0 saturated heterocycles. The lowest BCUT2D eigenvalue weighted by Crippen LogP contribution is -2.09. The van der Waals surface area contributed by atoms with Gasteiger partial charge in [-0.25, -0.2) is 0 Å². The average molecular weight is 231 g/mol. The summed E-state index contributed by atoms with van der Waals surface area (Å²) in [5.41, 5.74) is 2.25. The van der Waals surface area contributed by atoms with Gasteiger partial charge in [0.1, 0.15) is 0 Å². The first-order valence-electron chi connectivity index (χ1n) is 5.24. The summed E-state index contributed by atoms with van der Waals surface area (Å²) in [5, 5.41) is 8.88. The van der Waals surface area contributed by atoms with Crippen LogP contribution in [0, 0.1) is 11.3 Å². The third-order valence-electron chi connectivity index (χ3n) is 2.54. The molecule has 1 aromatic carbocycles. The van der Waals surface area contributed by atoms with Crippen molar-refractivity contribution in [3.63, 3.8) is 0 Å². The molecule has 0 unspecified atom stereocenters. The standard InChI is InChI=1S/C13H13NO3/c1-3-10-4-9(7-14)5-11(12(10)8-15)6-13(16)17-2/h4-5,8H,3,6H2,1-2H3. The number of hydrogen-bond acceptors (Lipinski definition) is 4. The first-order valence-corrected chi connectivity index (χ1v) is 5.24. The molecule has 0 amide bonds. The molecule has 0 bridgehead atoms. The van der Waals surface area contributed by atoms with E-state index in [9.17, 15) is 9.59 Å². The molecule has 0 atom stereocenters. The Bertz CT molecular complexity index is 486. The van der Waals surface area contributed by atoms with Crippen molar-refractivity contribution < 1.29 is 14.3 Å². The van der Waals surface area contributed by atoms with E-state index in [0.717, 1.165) is 11.8 Å². The molecule has 88 valence electrons. The molecule has 1 rings (SSSR count). The predicted octanol–water partition coefficient (Wildman–Crippen LogP) is 1.65. The van der Waals surface area contributed by atoms with Gasteiger partial charge in [0.15, 0.2) is 6.29 Å². The Morgan fingerprint density at radius 3 is 2.59 bits per heavy atom. The van der Waals surface area contributed by atoms with Crippen molar-refractivity contribution in [2.24, 2.45) is 0 Å². The largest absolute Gasteiger partial charge is 0.469 e. The number of nitriles is 1. The molecule has 0 N–H and O–H groups in total. The van der Waals surface area contributed by atoms with Crippen LogP contribution < -0.4 is 0 Å². The Balaban J connectivity index is 3.30. The normalized spacial score (nSPS) is 9.47. The third-order valence-corrected chi connectivity index (χ3v) is 2.54. The van der Waals surface area contributed by atoms with Gasteiger partial charge >= 0.3 is 5.97 Å². The predicted molar refractivity (Wildman–Crippen MR) is 61.6 cm³/mol. The number of aldehydes is 1. The summed E-state index contributed by atoms with van der Waals surface area (Å²) >= 11 is 0. The van der Waals surface area contributed by atoms with Crippen molar-refractivity contribution in [1.29, 1.82) is 5.26 Å². The van der Waals surface area contributed by atoms with Crippen LogP contribution in [0.2, 0.25) is 0 Å². The second-order valence-corrected chi connectivity index (χ2v) is 3.54. The van der Waals surface area contributed by atoms with E-state index in [0.29, 0.717) is 23.1 Å². The molecule has 4 nitrogen and oxygen atoms in total. The summed E-state index contributed by atoms with van der Waals surface area (Å²) in [4.78, 5) is 22.3. The molecule has 0 aliphatic rings. The molecule has 4 heteroatoms. The molecule has 1 aromatic rings. The van der Waals surface area contributed by atoms with Crippen LogP contribution in [-0.2, 0) is 22.4 Å². The number of benzene rings is 1. The molecule has 0 fully saturated rings. The van der Waals surface area contributed by atoms with Gasteiger partial charge in [0.25, 0.3) is 0 Å². The first kappa shape index (κ1) is 12.9. The van der Waals surface area contributed by atoms with Gasteiger partial charge in [-0.05, 0) is 29.7 Å². The van der Waals surface area contributed by atoms with Crippen molar-refractivity contribution in [3.05, 3.63) is 34.4 Å². The van der Waals surface area contributed by atoms with Crippen LogP contribution in [0.1, 0.15) is 34.0 Å². The van der Waals surface area contributed by atoms with E-state index in [2.05, 4.69) is 4.74 Å².